The van der Waals surface area contributed by atoms with Gasteiger partial charge in [-0.05, 0) is 54.4 Å². The van der Waals surface area contributed by atoms with Crippen molar-refractivity contribution in [2.75, 3.05) is 25.0 Å². The maximum Gasteiger partial charge on any atom is 0.293 e. The summed E-state index contributed by atoms with van der Waals surface area (Å²) in [5.41, 5.74) is 1.70. The Labute approximate surface area is 195 Å². The number of benzene rings is 2. The van der Waals surface area contributed by atoms with E-state index in [4.69, 9.17) is 4.74 Å². The smallest absolute Gasteiger partial charge is 0.293 e. The fraction of sp³-hybridized carbons (Fsp3) is 0.250. The number of imide groups is 1. The van der Waals surface area contributed by atoms with E-state index in [1.807, 2.05) is 30.3 Å². The van der Waals surface area contributed by atoms with Crippen LogP contribution in [0, 0.1) is 0 Å². The van der Waals surface area contributed by atoms with E-state index >= 15 is 0 Å². The maximum atomic E-state index is 12.6. The lowest BCUT2D eigenvalue weighted by Gasteiger charge is -2.14. The molecule has 0 saturated carbocycles. The zero-order chi connectivity index (χ0) is 23.2. The van der Waals surface area contributed by atoms with Gasteiger partial charge in [0.25, 0.3) is 23.0 Å². The van der Waals surface area contributed by atoms with E-state index in [9.17, 15) is 19.2 Å². The van der Waals surface area contributed by atoms with Crippen LogP contribution in [0.4, 0.5) is 10.5 Å². The Morgan fingerprint density at radius 1 is 1.12 bits per heavy atom. The topological polar surface area (TPSA) is 105 Å². The van der Waals surface area contributed by atoms with Crippen molar-refractivity contribution >= 4 is 46.5 Å². The molecule has 0 aromatic heterocycles. The molecule has 2 fully saturated rings. The van der Waals surface area contributed by atoms with Crippen LogP contribution in [0.1, 0.15) is 28.8 Å². The number of amides is 4. The van der Waals surface area contributed by atoms with Gasteiger partial charge in [-0.25, -0.2) is 0 Å². The van der Waals surface area contributed by atoms with Crippen LogP contribution in [0.25, 0.3) is 6.08 Å². The summed E-state index contributed by atoms with van der Waals surface area (Å²) in [5.74, 6) is -0.968. The first-order valence-electron chi connectivity index (χ1n) is 10.6. The van der Waals surface area contributed by atoms with Crippen molar-refractivity contribution in [3.05, 3.63) is 70.6 Å². The first-order valence-corrected chi connectivity index (χ1v) is 11.4. The Morgan fingerprint density at radius 2 is 1.94 bits per heavy atom. The molecule has 2 aromatic rings. The molecule has 0 aliphatic carbocycles. The van der Waals surface area contributed by atoms with Gasteiger partial charge in [0, 0.05) is 30.9 Å². The molecule has 8 nitrogen and oxygen atoms in total. The van der Waals surface area contributed by atoms with Crippen LogP contribution < -0.4 is 10.6 Å². The second-order valence-corrected chi connectivity index (χ2v) is 8.56. The highest BCUT2D eigenvalue weighted by Crippen LogP contribution is 2.31. The Bertz CT molecular complexity index is 1100. The lowest BCUT2D eigenvalue weighted by Crippen LogP contribution is -2.37. The van der Waals surface area contributed by atoms with E-state index in [1.165, 1.54) is 0 Å². The minimum atomic E-state index is -0.461. The summed E-state index contributed by atoms with van der Waals surface area (Å²) in [6, 6.07) is 15.9. The lowest BCUT2D eigenvalue weighted by atomic mass is 10.1. The summed E-state index contributed by atoms with van der Waals surface area (Å²) < 4.78 is 5.37. The number of nitrogens with one attached hydrogen (secondary N) is 2. The van der Waals surface area contributed by atoms with Gasteiger partial charge in [0.05, 0.1) is 4.91 Å². The molecule has 4 rings (SSSR count). The third-order valence-corrected chi connectivity index (χ3v) is 6.11. The van der Waals surface area contributed by atoms with E-state index in [-0.39, 0.29) is 36.1 Å². The number of ether oxygens (including phenoxy) is 1. The molecule has 0 spiro atoms. The number of carbonyl (C=O) groups is 4. The van der Waals surface area contributed by atoms with Crippen molar-refractivity contribution < 1.29 is 23.9 Å². The molecule has 2 N–H and O–H groups in total. The van der Waals surface area contributed by atoms with Gasteiger partial charge >= 0.3 is 0 Å². The molecule has 33 heavy (non-hydrogen) atoms. The summed E-state index contributed by atoms with van der Waals surface area (Å²) in [6.07, 6.45) is 2.75. The van der Waals surface area contributed by atoms with Crippen molar-refractivity contribution in [3.63, 3.8) is 0 Å². The summed E-state index contributed by atoms with van der Waals surface area (Å²) in [5, 5.41) is 5.12. The summed E-state index contributed by atoms with van der Waals surface area (Å²) in [4.78, 5) is 51.0. The highest BCUT2D eigenvalue weighted by molar-refractivity contribution is 8.18. The van der Waals surface area contributed by atoms with Gasteiger partial charge in [-0.1, -0.05) is 36.4 Å². The monoisotopic (exact) mass is 465 g/mol. The molecule has 1 unspecified atom stereocenters. The fourth-order valence-electron chi connectivity index (χ4n) is 3.52. The predicted molar refractivity (Wildman–Crippen MR) is 125 cm³/mol. The Kier molecular flexibility index (Phi) is 7.21. The van der Waals surface area contributed by atoms with E-state index < -0.39 is 6.10 Å². The number of nitrogens with zero attached hydrogens (tertiary/aromatic N) is 1. The van der Waals surface area contributed by atoms with Gasteiger partial charge in [-0.15, -0.1) is 0 Å². The second-order valence-electron chi connectivity index (χ2n) is 7.57. The van der Waals surface area contributed by atoms with Crippen molar-refractivity contribution in [1.82, 2.24) is 10.2 Å². The molecule has 2 aliphatic heterocycles. The van der Waals surface area contributed by atoms with Crippen LogP contribution in [0.3, 0.4) is 0 Å². The van der Waals surface area contributed by atoms with Crippen LogP contribution in [-0.4, -0.2) is 53.7 Å². The van der Waals surface area contributed by atoms with Gasteiger partial charge in [-0.3, -0.25) is 24.1 Å². The molecule has 0 bridgehead atoms. The number of hydrogen-bond acceptors (Lipinski definition) is 6. The quantitative estimate of drug-likeness (QED) is 0.608. The van der Waals surface area contributed by atoms with E-state index in [2.05, 4.69) is 10.6 Å². The van der Waals surface area contributed by atoms with Crippen molar-refractivity contribution in [2.24, 2.45) is 0 Å². The van der Waals surface area contributed by atoms with Crippen LogP contribution >= 0.6 is 11.8 Å². The minimum absolute atomic E-state index is 0.0674. The van der Waals surface area contributed by atoms with Gasteiger partial charge < -0.3 is 15.4 Å². The first-order chi connectivity index (χ1) is 16.0. The minimum Gasteiger partial charge on any atom is -0.368 e. The van der Waals surface area contributed by atoms with Crippen LogP contribution in [0.2, 0.25) is 0 Å². The highest BCUT2D eigenvalue weighted by atomic mass is 32.2. The molecule has 9 heteroatoms. The normalized spacial score (nSPS) is 19.2. The summed E-state index contributed by atoms with van der Waals surface area (Å²) in [7, 11) is 0. The van der Waals surface area contributed by atoms with E-state index in [1.54, 1.807) is 30.3 Å². The van der Waals surface area contributed by atoms with Crippen LogP contribution in [0.5, 0.6) is 0 Å². The summed E-state index contributed by atoms with van der Waals surface area (Å²) in [6.45, 7) is 0.755. The van der Waals surface area contributed by atoms with E-state index in [0.29, 0.717) is 29.2 Å². The Morgan fingerprint density at radius 3 is 2.70 bits per heavy atom. The van der Waals surface area contributed by atoms with E-state index in [0.717, 1.165) is 28.6 Å². The standard InChI is InChI=1S/C24H23N3O5S/c28-21(17-8-4-9-18(15-17)26-22(29)19-10-5-13-32-19)25-11-12-27-23(30)20(33-24(27)31)14-16-6-2-1-3-7-16/h1-4,6-9,14-15,19H,5,10-13H2,(H,25,28)(H,26,29)/b20-14-. The third kappa shape index (κ3) is 5.68. The molecule has 2 aromatic carbocycles. The molecule has 4 amide bonds. The molecule has 1 atom stereocenters. The average molecular weight is 466 g/mol. The maximum absolute atomic E-state index is 12.6. The van der Waals surface area contributed by atoms with Crippen molar-refractivity contribution in [1.29, 1.82) is 0 Å². The zero-order valence-electron chi connectivity index (χ0n) is 17.8. The SMILES string of the molecule is O=C(NCCN1C(=O)S/C(=C\c2ccccc2)C1=O)c1cccc(NC(=O)C2CCCO2)c1. The Hall–Kier alpha value is -3.43. The number of carbonyl (C=O) groups excluding carboxylic acids is 4. The molecule has 2 heterocycles. The number of thioether (sulfide) groups is 1. The molecule has 2 aliphatic rings. The second kappa shape index (κ2) is 10.5. The van der Waals surface area contributed by atoms with Crippen molar-refractivity contribution in [3.8, 4) is 0 Å². The predicted octanol–water partition coefficient (Wildman–Crippen LogP) is 3.27. The highest BCUT2D eigenvalue weighted by Gasteiger charge is 2.34. The molecular formula is C24H23N3O5S. The largest absolute Gasteiger partial charge is 0.368 e. The number of anilines is 1. The van der Waals surface area contributed by atoms with Crippen LogP contribution in [0.15, 0.2) is 59.5 Å². The number of rotatable bonds is 7. The van der Waals surface area contributed by atoms with Crippen molar-refractivity contribution in [2.45, 2.75) is 18.9 Å². The van der Waals surface area contributed by atoms with Gasteiger partial charge in [0.15, 0.2) is 0 Å². The van der Waals surface area contributed by atoms with Gasteiger partial charge in [0.2, 0.25) is 0 Å². The summed E-state index contributed by atoms with van der Waals surface area (Å²) >= 11 is 0.885. The molecule has 170 valence electrons. The first kappa shape index (κ1) is 22.8. The lowest BCUT2D eigenvalue weighted by molar-refractivity contribution is -0.124. The fourth-order valence-corrected chi connectivity index (χ4v) is 4.39. The number of hydrogen-bond donors (Lipinski definition) is 2. The van der Waals surface area contributed by atoms with Gasteiger partial charge in [0.1, 0.15) is 6.10 Å². The average Bonchev–Trinajstić information content (AvgIpc) is 3.45. The molecule has 2 saturated heterocycles. The van der Waals surface area contributed by atoms with Gasteiger partial charge in [-0.2, -0.15) is 0 Å². The molecular weight excluding hydrogens is 442 g/mol. The third-order valence-electron chi connectivity index (χ3n) is 5.21. The van der Waals surface area contributed by atoms with Crippen LogP contribution in [-0.2, 0) is 14.3 Å². The Balaban J connectivity index is 1.30. The zero-order valence-corrected chi connectivity index (χ0v) is 18.6. The molecule has 0 radical (unpaired) electrons.